The molecule has 1 heterocycles. The highest BCUT2D eigenvalue weighted by atomic mass is 32.1. The molecule has 1 aliphatic rings. The Morgan fingerprint density at radius 1 is 1.44 bits per heavy atom. The number of imide groups is 1. The van der Waals surface area contributed by atoms with Gasteiger partial charge in [-0.25, -0.2) is 4.90 Å². The van der Waals surface area contributed by atoms with Gasteiger partial charge in [0.15, 0.2) is 0 Å². The quantitative estimate of drug-likeness (QED) is 0.648. The maximum atomic E-state index is 12.0. The van der Waals surface area contributed by atoms with Gasteiger partial charge < -0.3 is 5.73 Å². The van der Waals surface area contributed by atoms with Gasteiger partial charge in [-0.3, -0.25) is 9.59 Å². The van der Waals surface area contributed by atoms with Gasteiger partial charge in [0, 0.05) is 17.9 Å². The van der Waals surface area contributed by atoms with E-state index in [2.05, 4.69) is 0 Å². The fourth-order valence-electron chi connectivity index (χ4n) is 2.20. The van der Waals surface area contributed by atoms with Crippen LogP contribution in [-0.4, -0.2) is 16.8 Å². The van der Waals surface area contributed by atoms with Gasteiger partial charge in [0.05, 0.1) is 5.69 Å². The van der Waals surface area contributed by atoms with Gasteiger partial charge in [-0.1, -0.05) is 31.3 Å². The van der Waals surface area contributed by atoms with Crippen LogP contribution in [0, 0.1) is 12.8 Å². The van der Waals surface area contributed by atoms with E-state index in [1.54, 1.807) is 19.1 Å². The van der Waals surface area contributed by atoms with Crippen molar-refractivity contribution < 1.29 is 9.59 Å². The first-order valence-corrected chi connectivity index (χ1v) is 6.10. The Kier molecular flexibility index (Phi) is 3.17. The molecule has 1 aromatic carbocycles. The molecule has 1 unspecified atom stereocenters. The zero-order valence-electron chi connectivity index (χ0n) is 10.3. The third kappa shape index (κ3) is 1.90. The number of hydrogen-bond acceptors (Lipinski definition) is 3. The number of rotatable bonds is 2. The van der Waals surface area contributed by atoms with Crippen LogP contribution < -0.4 is 10.6 Å². The molecule has 0 aliphatic carbocycles. The number of hydrogen-bond donors (Lipinski definition) is 1. The number of aryl methyl sites for hydroxylation is 1. The van der Waals surface area contributed by atoms with Crippen LogP contribution in [0.25, 0.3) is 0 Å². The third-order valence-corrected chi connectivity index (χ3v) is 3.31. The SMILES string of the molecule is Cc1cccc(N2C(=O)CC(C)C2=O)c1C(N)=S. The van der Waals surface area contributed by atoms with Crippen LogP contribution in [0.4, 0.5) is 5.69 Å². The van der Waals surface area contributed by atoms with E-state index in [0.29, 0.717) is 11.3 Å². The van der Waals surface area contributed by atoms with Crippen molar-refractivity contribution >= 4 is 34.7 Å². The molecule has 1 fully saturated rings. The van der Waals surface area contributed by atoms with Gasteiger partial charge in [0.25, 0.3) is 0 Å². The minimum Gasteiger partial charge on any atom is -0.389 e. The molecular formula is C13H14N2O2S. The normalized spacial score (nSPS) is 19.4. The van der Waals surface area contributed by atoms with Crippen molar-refractivity contribution in [1.29, 1.82) is 0 Å². The standard InChI is InChI=1S/C13H14N2O2S/c1-7-4-3-5-9(11(7)12(14)18)15-10(16)6-8(2)13(15)17/h3-5,8H,6H2,1-2H3,(H2,14,18). The number of thiocarbonyl (C=S) groups is 1. The molecular weight excluding hydrogens is 248 g/mol. The Balaban J connectivity index is 2.59. The van der Waals surface area contributed by atoms with Crippen LogP contribution in [-0.2, 0) is 9.59 Å². The maximum Gasteiger partial charge on any atom is 0.237 e. The summed E-state index contributed by atoms with van der Waals surface area (Å²) in [6, 6.07) is 5.35. The van der Waals surface area contributed by atoms with Crippen molar-refractivity contribution in [2.75, 3.05) is 4.90 Å². The third-order valence-electron chi connectivity index (χ3n) is 3.11. The van der Waals surface area contributed by atoms with Crippen molar-refractivity contribution in [3.8, 4) is 0 Å². The van der Waals surface area contributed by atoms with Crippen LogP contribution in [0.2, 0.25) is 0 Å². The number of anilines is 1. The van der Waals surface area contributed by atoms with Crippen molar-refractivity contribution in [2.24, 2.45) is 11.7 Å². The Morgan fingerprint density at radius 2 is 2.11 bits per heavy atom. The summed E-state index contributed by atoms with van der Waals surface area (Å²) in [5.74, 6) is -0.670. The fraction of sp³-hybridized carbons (Fsp3) is 0.308. The predicted octanol–water partition coefficient (Wildman–Crippen LogP) is 1.53. The van der Waals surface area contributed by atoms with Gasteiger partial charge >= 0.3 is 0 Å². The monoisotopic (exact) mass is 262 g/mol. The minimum absolute atomic E-state index is 0.192. The second-order valence-electron chi connectivity index (χ2n) is 4.51. The van der Waals surface area contributed by atoms with Gasteiger partial charge in [-0.05, 0) is 18.6 Å². The Hall–Kier alpha value is -1.75. The highest BCUT2D eigenvalue weighted by molar-refractivity contribution is 7.80. The highest BCUT2D eigenvalue weighted by Gasteiger charge is 2.37. The van der Waals surface area contributed by atoms with E-state index in [1.807, 2.05) is 13.0 Å². The lowest BCUT2D eigenvalue weighted by atomic mass is 10.1. The molecule has 2 amide bonds. The topological polar surface area (TPSA) is 63.4 Å². The smallest absolute Gasteiger partial charge is 0.237 e. The largest absolute Gasteiger partial charge is 0.389 e. The second kappa shape index (κ2) is 4.49. The van der Waals surface area contributed by atoms with E-state index < -0.39 is 0 Å². The lowest BCUT2D eigenvalue weighted by Crippen LogP contribution is -2.32. The molecule has 5 heteroatoms. The molecule has 1 aliphatic heterocycles. The summed E-state index contributed by atoms with van der Waals surface area (Å²) >= 11 is 5.01. The molecule has 18 heavy (non-hydrogen) atoms. The number of carbonyl (C=O) groups is 2. The minimum atomic E-state index is -0.280. The number of benzene rings is 1. The van der Waals surface area contributed by atoms with E-state index in [0.717, 1.165) is 5.56 Å². The predicted molar refractivity (Wildman–Crippen MR) is 73.3 cm³/mol. The first-order valence-electron chi connectivity index (χ1n) is 5.69. The summed E-state index contributed by atoms with van der Waals surface area (Å²) in [5, 5.41) is 0. The summed E-state index contributed by atoms with van der Waals surface area (Å²) in [4.78, 5) is 25.3. The summed E-state index contributed by atoms with van der Waals surface area (Å²) in [6.07, 6.45) is 0.240. The van der Waals surface area contributed by atoms with E-state index in [-0.39, 0.29) is 29.1 Å². The first-order chi connectivity index (χ1) is 8.43. The average Bonchev–Trinajstić information content (AvgIpc) is 2.52. The lowest BCUT2D eigenvalue weighted by molar-refractivity contribution is -0.122. The van der Waals surface area contributed by atoms with Gasteiger partial charge in [-0.2, -0.15) is 0 Å². The molecule has 0 spiro atoms. The number of nitrogens with zero attached hydrogens (tertiary/aromatic N) is 1. The molecule has 2 rings (SSSR count). The highest BCUT2D eigenvalue weighted by Crippen LogP contribution is 2.30. The molecule has 4 nitrogen and oxygen atoms in total. The Labute approximate surface area is 111 Å². The number of amides is 2. The maximum absolute atomic E-state index is 12.0. The Morgan fingerprint density at radius 3 is 2.61 bits per heavy atom. The molecule has 94 valence electrons. The second-order valence-corrected chi connectivity index (χ2v) is 4.95. The van der Waals surface area contributed by atoms with Gasteiger partial charge in [0.2, 0.25) is 11.8 Å². The van der Waals surface area contributed by atoms with Crippen LogP contribution in [0.1, 0.15) is 24.5 Å². The fourth-order valence-corrected chi connectivity index (χ4v) is 2.46. The van der Waals surface area contributed by atoms with Crippen LogP contribution in [0.3, 0.4) is 0 Å². The van der Waals surface area contributed by atoms with Crippen molar-refractivity contribution in [1.82, 2.24) is 0 Å². The molecule has 0 radical (unpaired) electrons. The number of carbonyl (C=O) groups excluding carboxylic acids is 2. The van der Waals surface area contributed by atoms with Gasteiger partial charge in [-0.15, -0.1) is 0 Å². The molecule has 2 N–H and O–H groups in total. The zero-order chi connectivity index (χ0) is 13.4. The average molecular weight is 262 g/mol. The van der Waals surface area contributed by atoms with Crippen LogP contribution >= 0.6 is 12.2 Å². The first kappa shape index (κ1) is 12.7. The summed E-state index contributed by atoms with van der Waals surface area (Å²) in [5.41, 5.74) is 7.65. The molecule has 1 saturated heterocycles. The van der Waals surface area contributed by atoms with Crippen LogP contribution in [0.15, 0.2) is 18.2 Å². The molecule has 1 aromatic rings. The molecule has 0 saturated carbocycles. The van der Waals surface area contributed by atoms with E-state index >= 15 is 0 Å². The molecule has 0 bridgehead atoms. The molecule has 0 aromatic heterocycles. The van der Waals surface area contributed by atoms with Gasteiger partial charge in [0.1, 0.15) is 4.99 Å². The lowest BCUT2D eigenvalue weighted by Gasteiger charge is -2.19. The van der Waals surface area contributed by atoms with E-state index in [1.165, 1.54) is 4.90 Å². The zero-order valence-corrected chi connectivity index (χ0v) is 11.1. The summed E-state index contributed by atoms with van der Waals surface area (Å²) < 4.78 is 0. The van der Waals surface area contributed by atoms with Crippen molar-refractivity contribution in [3.63, 3.8) is 0 Å². The summed E-state index contributed by atoms with van der Waals surface area (Å²) in [6.45, 7) is 3.60. The number of nitrogens with two attached hydrogens (primary N) is 1. The summed E-state index contributed by atoms with van der Waals surface area (Å²) in [7, 11) is 0. The van der Waals surface area contributed by atoms with Crippen molar-refractivity contribution in [3.05, 3.63) is 29.3 Å². The van der Waals surface area contributed by atoms with E-state index in [4.69, 9.17) is 18.0 Å². The Bertz CT molecular complexity index is 554. The van der Waals surface area contributed by atoms with Crippen molar-refractivity contribution in [2.45, 2.75) is 20.3 Å². The van der Waals surface area contributed by atoms with E-state index in [9.17, 15) is 9.59 Å². The molecule has 1 atom stereocenters. The van der Waals surface area contributed by atoms with Crippen LogP contribution in [0.5, 0.6) is 0 Å².